The van der Waals surface area contributed by atoms with Crippen LogP contribution in [0.5, 0.6) is 0 Å². The highest BCUT2D eigenvalue weighted by molar-refractivity contribution is 7.86. The second kappa shape index (κ2) is 13.8. The van der Waals surface area contributed by atoms with E-state index in [9.17, 15) is 45.7 Å². The predicted octanol–water partition coefficient (Wildman–Crippen LogP) is 1.23. The first-order valence-electron chi connectivity index (χ1n) is 14.0. The van der Waals surface area contributed by atoms with Crippen LogP contribution in [-0.4, -0.2) is 68.0 Å². The normalized spacial score (nSPS) is 12.5. The van der Waals surface area contributed by atoms with E-state index in [0.29, 0.717) is 44.3 Å². The summed E-state index contributed by atoms with van der Waals surface area (Å²) in [4.78, 5) is 34.6. The van der Waals surface area contributed by atoms with Gasteiger partial charge in [-0.1, -0.05) is 0 Å². The summed E-state index contributed by atoms with van der Waals surface area (Å²) >= 11 is 0. The highest BCUT2D eigenvalue weighted by atomic mass is 35.5. The zero-order valence-corrected chi connectivity index (χ0v) is 29.3. The van der Waals surface area contributed by atoms with E-state index in [2.05, 4.69) is 19.9 Å². The van der Waals surface area contributed by atoms with Crippen molar-refractivity contribution in [3.8, 4) is 0 Å². The molecule has 8 bridgehead atoms. The molecule has 0 unspecified atom stereocenters. The molecule has 260 valence electrons. The van der Waals surface area contributed by atoms with Gasteiger partial charge in [0.2, 0.25) is 0 Å². The number of hydrogen-bond donors (Lipinski definition) is 8. The first-order valence-corrected chi connectivity index (χ1v) is 16.9. The molecule has 0 spiro atoms. The van der Waals surface area contributed by atoms with Crippen LogP contribution in [0.15, 0.2) is 9.79 Å². The summed E-state index contributed by atoms with van der Waals surface area (Å²) in [5, 5.41) is 20.0. The van der Waals surface area contributed by atoms with E-state index in [4.69, 9.17) is 0 Å². The minimum absolute atomic E-state index is 0. The van der Waals surface area contributed by atoms with Crippen molar-refractivity contribution >= 4 is 81.3 Å². The fourth-order valence-electron chi connectivity index (χ4n) is 5.97. The number of halogens is 2. The maximum absolute atomic E-state index is 12.6. The molecule has 14 nitrogen and oxygen atoms in total. The van der Waals surface area contributed by atoms with Gasteiger partial charge in [0.1, 0.15) is 9.79 Å². The number of fused-ring (bicyclic) bond motifs is 8. The summed E-state index contributed by atoms with van der Waals surface area (Å²) in [7, 11) is -9.60. The third kappa shape index (κ3) is 7.33. The molecule has 0 atom stereocenters. The Bertz CT molecular complexity index is 2430. The monoisotopic (exact) mass is 744 g/mol. The molecule has 0 aliphatic carbocycles. The fourth-order valence-corrected chi connectivity index (χ4v) is 7.74. The Hall–Kier alpha value is -4.06. The van der Waals surface area contributed by atoms with Crippen molar-refractivity contribution < 1.29 is 45.7 Å². The number of carboxylic acids is 2. The summed E-state index contributed by atoms with van der Waals surface area (Å²) in [5.41, 5.74) is 3.94. The molecule has 4 aromatic heterocycles. The quantitative estimate of drug-likeness (QED) is 0.106. The van der Waals surface area contributed by atoms with Crippen molar-refractivity contribution in [3.05, 3.63) is 77.6 Å². The molecule has 0 saturated heterocycles. The van der Waals surface area contributed by atoms with E-state index in [1.165, 1.54) is 26.0 Å². The first-order chi connectivity index (χ1) is 21.4. The van der Waals surface area contributed by atoms with Crippen molar-refractivity contribution in [3.63, 3.8) is 0 Å². The standard InChI is InChI=1S/C30H32N4O10S2.2ClH/c1-13-17(5-7-27(35)36)23-12-24-18(6-8-28(37)38)14(2)20(32-24)10-25-30(46(42,43)44)16(4)22(34-25)11-26-29(45(39,40)41)15(3)21(33-26)9-19(13)31-23;;/h9-12,31-34H,5-8H2,1-4H3,(H,35,36)(H,37,38)(H,39,40,41)(H,42,43,44);2*1H. The molecule has 18 heteroatoms. The molecule has 4 aromatic rings. The minimum Gasteiger partial charge on any atom is -0.481 e. The van der Waals surface area contributed by atoms with Crippen LogP contribution in [0.1, 0.15) is 69.0 Å². The van der Waals surface area contributed by atoms with Crippen LogP contribution in [0.4, 0.5) is 0 Å². The number of aliphatic carboxylic acids is 2. The highest BCUT2D eigenvalue weighted by Gasteiger charge is 2.25. The van der Waals surface area contributed by atoms with E-state index in [-0.39, 0.29) is 83.7 Å². The largest absolute Gasteiger partial charge is 0.481 e. The van der Waals surface area contributed by atoms with Gasteiger partial charge in [-0.15, -0.1) is 24.8 Å². The molecule has 5 rings (SSSR count). The first kappa shape index (κ1) is 38.4. The fraction of sp³-hybridized carbons (Fsp3) is 0.267. The van der Waals surface area contributed by atoms with Gasteiger partial charge < -0.3 is 30.1 Å². The Balaban J connectivity index is 0.00000312. The van der Waals surface area contributed by atoms with Gasteiger partial charge in [-0.2, -0.15) is 16.8 Å². The van der Waals surface area contributed by atoms with Gasteiger partial charge >= 0.3 is 11.9 Å². The maximum atomic E-state index is 12.6. The van der Waals surface area contributed by atoms with Crippen molar-refractivity contribution in [1.29, 1.82) is 0 Å². The smallest absolute Gasteiger partial charge is 0.303 e. The number of nitrogens with one attached hydrogen (secondary N) is 4. The van der Waals surface area contributed by atoms with Gasteiger partial charge in [-0.3, -0.25) is 18.7 Å². The Morgan fingerprint density at radius 1 is 0.542 bits per heavy atom. The molecule has 1 aliphatic heterocycles. The number of carbonyl (C=O) groups is 2. The van der Waals surface area contributed by atoms with Gasteiger partial charge in [0, 0.05) is 46.0 Å². The van der Waals surface area contributed by atoms with Gasteiger partial charge in [0.25, 0.3) is 20.2 Å². The minimum atomic E-state index is -4.81. The number of hydrogen-bond acceptors (Lipinski definition) is 6. The van der Waals surface area contributed by atoms with E-state index in [1.807, 2.05) is 0 Å². The predicted molar refractivity (Wildman–Crippen MR) is 181 cm³/mol. The van der Waals surface area contributed by atoms with Crippen LogP contribution in [0.3, 0.4) is 0 Å². The Kier molecular flexibility index (Phi) is 11.0. The van der Waals surface area contributed by atoms with Gasteiger partial charge in [0.05, 0.1) is 11.0 Å². The summed E-state index contributed by atoms with van der Waals surface area (Å²) in [6.45, 7) is 6.42. The summed E-state index contributed by atoms with van der Waals surface area (Å²) in [6, 6.07) is 0. The number of aromatic amines is 4. The molecule has 5 heterocycles. The number of aromatic nitrogens is 4. The van der Waals surface area contributed by atoms with Crippen molar-refractivity contribution in [1.82, 2.24) is 19.9 Å². The summed E-state index contributed by atoms with van der Waals surface area (Å²) in [5.74, 6) is -2.04. The van der Waals surface area contributed by atoms with Crippen molar-refractivity contribution in [2.45, 2.75) is 63.2 Å². The van der Waals surface area contributed by atoms with Crippen molar-refractivity contribution in [2.75, 3.05) is 0 Å². The Morgan fingerprint density at radius 3 is 1.54 bits per heavy atom. The van der Waals surface area contributed by atoms with Crippen LogP contribution in [0.25, 0.3) is 24.3 Å². The number of H-pyrrole nitrogens is 4. The molecule has 1 aliphatic rings. The lowest BCUT2D eigenvalue weighted by molar-refractivity contribution is -0.138. The number of carboxylic acid groups (broad SMARTS) is 2. The SMILES string of the molecule is Cc1c2[nH]c(c1CCC(=O)O)C=c1[nH]c(c(C)c1CCC(=O)O)=Cc1[nH]c(c(C)c1S(=O)(=O)O)C=c1[nH]c(c(C)c1S(=O)(=O)O)=C2.Cl.Cl. The van der Waals surface area contributed by atoms with E-state index < -0.39 is 42.0 Å². The lowest BCUT2D eigenvalue weighted by Crippen LogP contribution is -2.15. The second-order valence-corrected chi connectivity index (χ2v) is 14.0. The summed E-state index contributed by atoms with van der Waals surface area (Å²) in [6.07, 6.45) is 5.96. The zero-order chi connectivity index (χ0) is 33.9. The third-order valence-electron chi connectivity index (χ3n) is 8.27. The summed E-state index contributed by atoms with van der Waals surface area (Å²) < 4.78 is 70.6. The third-order valence-corrected chi connectivity index (χ3v) is 10.4. The number of rotatable bonds is 8. The van der Waals surface area contributed by atoms with Crippen LogP contribution in [0, 0.1) is 27.7 Å². The topological polar surface area (TPSA) is 246 Å². The molecule has 0 aromatic carbocycles. The van der Waals surface area contributed by atoms with E-state index >= 15 is 0 Å². The Labute approximate surface area is 286 Å². The Morgan fingerprint density at radius 2 is 0.979 bits per heavy atom. The second-order valence-electron chi connectivity index (χ2n) is 11.2. The van der Waals surface area contributed by atoms with Gasteiger partial charge in [-0.05, 0) is 98.2 Å². The average Bonchev–Trinajstić information content (AvgIpc) is 3.59. The van der Waals surface area contributed by atoms with Gasteiger partial charge in [-0.25, -0.2) is 0 Å². The van der Waals surface area contributed by atoms with Crippen LogP contribution in [-0.2, 0) is 42.7 Å². The molecule has 48 heavy (non-hydrogen) atoms. The lowest BCUT2D eigenvalue weighted by atomic mass is 10.0. The molecule has 0 amide bonds. The van der Waals surface area contributed by atoms with E-state index in [1.54, 1.807) is 26.0 Å². The van der Waals surface area contributed by atoms with Crippen LogP contribution >= 0.6 is 24.8 Å². The van der Waals surface area contributed by atoms with Crippen LogP contribution < -0.4 is 21.4 Å². The van der Waals surface area contributed by atoms with Crippen molar-refractivity contribution in [2.24, 2.45) is 0 Å². The van der Waals surface area contributed by atoms with Crippen LogP contribution in [0.2, 0.25) is 0 Å². The molecule has 0 fully saturated rings. The molecular weight excluding hydrogens is 711 g/mol. The van der Waals surface area contributed by atoms with E-state index in [0.717, 1.165) is 0 Å². The molecule has 0 radical (unpaired) electrons. The molecular formula is C30H34Cl2N4O10S2. The molecule has 8 N–H and O–H groups in total. The molecule has 0 saturated carbocycles. The lowest BCUT2D eigenvalue weighted by Gasteiger charge is -2.01. The maximum Gasteiger partial charge on any atom is 0.303 e. The zero-order valence-electron chi connectivity index (χ0n) is 26.0. The van der Waals surface area contributed by atoms with Gasteiger partial charge in [0.15, 0.2) is 0 Å². The average molecular weight is 746 g/mol. The highest BCUT2D eigenvalue weighted by Crippen LogP contribution is 2.26.